The van der Waals surface area contributed by atoms with Gasteiger partial charge in [-0.2, -0.15) is 13.2 Å². The molecular formula is C19H12F4O2. The third-order valence-corrected chi connectivity index (χ3v) is 3.69. The van der Waals surface area contributed by atoms with Crippen LogP contribution >= 0.6 is 0 Å². The predicted octanol–water partition coefficient (Wildman–Crippen LogP) is 5.16. The number of esters is 1. The Kier molecular flexibility index (Phi) is 4.44. The number of carbonyl (C=O) groups excluding carboxylic acids is 1. The van der Waals surface area contributed by atoms with Crippen LogP contribution in [0.15, 0.2) is 60.4 Å². The second-order valence-electron chi connectivity index (χ2n) is 5.44. The molecule has 0 aromatic heterocycles. The summed E-state index contributed by atoms with van der Waals surface area (Å²) in [5.74, 6) is -0.333. The average molecular weight is 348 g/mol. The van der Waals surface area contributed by atoms with E-state index >= 15 is 0 Å². The molecule has 2 aromatic rings. The maximum absolute atomic E-state index is 12.6. The maximum atomic E-state index is 12.6. The van der Waals surface area contributed by atoms with Crippen LogP contribution in [0.25, 0.3) is 11.6 Å². The molecule has 0 bridgehead atoms. The molecule has 25 heavy (non-hydrogen) atoms. The number of rotatable bonds is 3. The van der Waals surface area contributed by atoms with Gasteiger partial charge in [-0.05, 0) is 34.9 Å². The van der Waals surface area contributed by atoms with Crippen molar-refractivity contribution in [3.8, 4) is 0 Å². The van der Waals surface area contributed by atoms with Crippen molar-refractivity contribution in [2.24, 2.45) is 0 Å². The normalized spacial score (nSPS) is 16.1. The molecule has 1 aliphatic heterocycles. The first-order chi connectivity index (χ1) is 11.9. The molecule has 0 aliphatic carbocycles. The van der Waals surface area contributed by atoms with Gasteiger partial charge in [0.25, 0.3) is 0 Å². The van der Waals surface area contributed by atoms with Crippen molar-refractivity contribution in [1.82, 2.24) is 0 Å². The lowest BCUT2D eigenvalue weighted by atomic mass is 10.0. The molecule has 0 saturated heterocycles. The summed E-state index contributed by atoms with van der Waals surface area (Å²) in [5.41, 5.74) is 1.36. The molecule has 0 atom stereocenters. The smallest absolute Gasteiger partial charge is 0.416 e. The van der Waals surface area contributed by atoms with E-state index in [4.69, 9.17) is 4.74 Å². The van der Waals surface area contributed by atoms with Gasteiger partial charge < -0.3 is 4.74 Å². The van der Waals surface area contributed by atoms with E-state index in [-0.39, 0.29) is 5.76 Å². The van der Waals surface area contributed by atoms with Crippen LogP contribution in [-0.2, 0) is 22.4 Å². The highest BCUT2D eigenvalue weighted by Gasteiger charge is 2.30. The van der Waals surface area contributed by atoms with E-state index in [2.05, 4.69) is 0 Å². The van der Waals surface area contributed by atoms with Crippen LogP contribution < -0.4 is 0 Å². The number of benzene rings is 2. The molecule has 2 aromatic carbocycles. The second kappa shape index (κ2) is 6.55. The SMILES string of the molecule is O=C1C=C(c2ccc(CF)cc2)/C(=C/c2ccc(C(F)(F)F)cc2)O1. The number of carbonyl (C=O) groups is 1. The largest absolute Gasteiger partial charge is 0.423 e. The average Bonchev–Trinajstić information content (AvgIpc) is 2.95. The van der Waals surface area contributed by atoms with E-state index in [1.54, 1.807) is 24.3 Å². The molecule has 6 heteroatoms. The molecular weight excluding hydrogens is 336 g/mol. The van der Waals surface area contributed by atoms with Crippen LogP contribution in [-0.4, -0.2) is 5.97 Å². The zero-order valence-electron chi connectivity index (χ0n) is 12.8. The van der Waals surface area contributed by atoms with Gasteiger partial charge in [-0.25, -0.2) is 9.18 Å². The van der Waals surface area contributed by atoms with E-state index in [9.17, 15) is 22.4 Å². The zero-order chi connectivity index (χ0) is 18.0. The number of allylic oxidation sites excluding steroid dienone is 1. The molecule has 1 heterocycles. The van der Waals surface area contributed by atoms with Crippen molar-refractivity contribution in [1.29, 1.82) is 0 Å². The fraction of sp³-hybridized carbons (Fsp3) is 0.105. The third kappa shape index (κ3) is 3.79. The third-order valence-electron chi connectivity index (χ3n) is 3.69. The van der Waals surface area contributed by atoms with Crippen LogP contribution in [0.4, 0.5) is 17.6 Å². The fourth-order valence-electron chi connectivity index (χ4n) is 2.41. The van der Waals surface area contributed by atoms with Gasteiger partial charge in [0.1, 0.15) is 12.4 Å². The molecule has 0 amide bonds. The second-order valence-corrected chi connectivity index (χ2v) is 5.44. The topological polar surface area (TPSA) is 26.3 Å². The van der Waals surface area contributed by atoms with Crippen molar-refractivity contribution in [2.45, 2.75) is 12.9 Å². The zero-order valence-corrected chi connectivity index (χ0v) is 12.8. The monoisotopic (exact) mass is 348 g/mol. The van der Waals surface area contributed by atoms with Gasteiger partial charge in [-0.1, -0.05) is 36.4 Å². The van der Waals surface area contributed by atoms with Crippen LogP contribution in [0.1, 0.15) is 22.3 Å². The van der Waals surface area contributed by atoms with Gasteiger partial charge in [0.05, 0.1) is 5.56 Å². The molecule has 0 radical (unpaired) electrons. The quantitative estimate of drug-likeness (QED) is 0.566. The van der Waals surface area contributed by atoms with E-state index in [1.165, 1.54) is 24.3 Å². The molecule has 2 nitrogen and oxygen atoms in total. The number of alkyl halides is 4. The predicted molar refractivity (Wildman–Crippen MR) is 84.7 cm³/mol. The summed E-state index contributed by atoms with van der Waals surface area (Å²) in [6.07, 6.45) is -1.63. The highest BCUT2D eigenvalue weighted by molar-refractivity contribution is 6.03. The van der Waals surface area contributed by atoms with Crippen molar-refractivity contribution in [2.75, 3.05) is 0 Å². The molecule has 3 rings (SSSR count). The molecule has 0 fully saturated rings. The summed E-state index contributed by atoms with van der Waals surface area (Å²) < 4.78 is 55.5. The van der Waals surface area contributed by atoms with Gasteiger partial charge in [0.2, 0.25) is 0 Å². The van der Waals surface area contributed by atoms with Crippen molar-refractivity contribution in [3.05, 3.63) is 82.6 Å². The Labute approximate surface area is 141 Å². The van der Waals surface area contributed by atoms with Gasteiger partial charge in [-0.3, -0.25) is 0 Å². The van der Waals surface area contributed by atoms with Crippen LogP contribution in [0, 0.1) is 0 Å². The fourth-order valence-corrected chi connectivity index (χ4v) is 2.41. The van der Waals surface area contributed by atoms with Crippen molar-refractivity contribution >= 4 is 17.6 Å². The van der Waals surface area contributed by atoms with Crippen molar-refractivity contribution < 1.29 is 27.1 Å². The summed E-state index contributed by atoms with van der Waals surface area (Å²) >= 11 is 0. The minimum absolute atomic E-state index is 0.234. The van der Waals surface area contributed by atoms with Gasteiger partial charge in [0.15, 0.2) is 0 Å². The number of ether oxygens (including phenoxy) is 1. The Bertz CT molecular complexity index is 844. The number of hydrogen-bond acceptors (Lipinski definition) is 2. The lowest BCUT2D eigenvalue weighted by molar-refractivity contribution is -0.137. The van der Waals surface area contributed by atoms with E-state index < -0.39 is 24.4 Å². The highest BCUT2D eigenvalue weighted by Crippen LogP contribution is 2.33. The van der Waals surface area contributed by atoms with E-state index in [0.717, 1.165) is 12.1 Å². The Morgan fingerprint density at radius 1 is 0.960 bits per heavy atom. The van der Waals surface area contributed by atoms with Gasteiger partial charge >= 0.3 is 12.1 Å². The number of halogens is 4. The first kappa shape index (κ1) is 17.0. The van der Waals surface area contributed by atoms with Crippen LogP contribution in [0.3, 0.4) is 0 Å². The van der Waals surface area contributed by atoms with Crippen molar-refractivity contribution in [3.63, 3.8) is 0 Å². The summed E-state index contributed by atoms with van der Waals surface area (Å²) in [4.78, 5) is 11.6. The molecule has 128 valence electrons. The highest BCUT2D eigenvalue weighted by atomic mass is 19.4. The minimum atomic E-state index is -4.41. The molecule has 1 aliphatic rings. The Hall–Kier alpha value is -2.89. The number of hydrogen-bond donors (Lipinski definition) is 0. The number of cyclic esters (lactones) is 1. The lowest BCUT2D eigenvalue weighted by Crippen LogP contribution is -2.04. The van der Waals surface area contributed by atoms with Crippen LogP contribution in [0.2, 0.25) is 0 Å². The maximum Gasteiger partial charge on any atom is 0.416 e. The first-order valence-electron chi connectivity index (χ1n) is 7.35. The summed E-state index contributed by atoms with van der Waals surface area (Å²) in [7, 11) is 0. The molecule has 0 spiro atoms. The Morgan fingerprint density at radius 2 is 1.60 bits per heavy atom. The van der Waals surface area contributed by atoms with E-state index in [1.807, 2.05) is 0 Å². The van der Waals surface area contributed by atoms with Gasteiger partial charge in [-0.15, -0.1) is 0 Å². The summed E-state index contributed by atoms with van der Waals surface area (Å²) in [6, 6.07) is 11.0. The Balaban J connectivity index is 1.91. The minimum Gasteiger partial charge on any atom is -0.423 e. The first-order valence-corrected chi connectivity index (χ1v) is 7.35. The van der Waals surface area contributed by atoms with Gasteiger partial charge in [0, 0.05) is 11.6 Å². The Morgan fingerprint density at radius 3 is 2.16 bits per heavy atom. The summed E-state index contributed by atoms with van der Waals surface area (Å²) in [5, 5.41) is 0. The van der Waals surface area contributed by atoms with E-state index in [0.29, 0.717) is 22.3 Å². The summed E-state index contributed by atoms with van der Waals surface area (Å²) in [6.45, 7) is -0.594. The standard InChI is InChI=1S/C19H12F4O2/c20-11-13-1-5-14(6-2-13)16-10-18(24)25-17(16)9-12-3-7-15(8-4-12)19(21,22)23/h1-10H,11H2/b17-9-. The molecule has 0 unspecified atom stereocenters. The lowest BCUT2D eigenvalue weighted by Gasteiger charge is -2.08. The molecule has 0 N–H and O–H groups in total. The van der Waals surface area contributed by atoms with Crippen LogP contribution in [0.5, 0.6) is 0 Å². The molecule has 0 saturated carbocycles.